The topological polar surface area (TPSA) is 26.3 Å². The highest BCUT2D eigenvalue weighted by atomic mass is 32.2. The Hall–Kier alpha value is -0.440. The summed E-state index contributed by atoms with van der Waals surface area (Å²) in [5, 5.41) is 0. The number of hydrogen-bond donors (Lipinski definition) is 0. The Labute approximate surface area is 65.6 Å². The Kier molecular flexibility index (Phi) is 5.12. The van der Waals surface area contributed by atoms with Gasteiger partial charge in [-0.05, 0) is 13.2 Å². The van der Waals surface area contributed by atoms with E-state index in [0.29, 0.717) is 5.57 Å². The summed E-state index contributed by atoms with van der Waals surface area (Å²) >= 11 is 1.67. The second-order valence-corrected chi connectivity index (χ2v) is 2.74. The Bertz CT molecular complexity index is 141. The van der Waals surface area contributed by atoms with Crippen LogP contribution in [0.25, 0.3) is 0 Å². The number of carbonyl (C=O) groups is 1. The molecule has 2 nitrogen and oxygen atoms in total. The highest BCUT2D eigenvalue weighted by Crippen LogP contribution is 1.99. The van der Waals surface area contributed by atoms with Gasteiger partial charge < -0.3 is 4.74 Å². The number of methoxy groups -OCH3 is 1. The van der Waals surface area contributed by atoms with Crippen molar-refractivity contribution >= 4 is 17.7 Å². The van der Waals surface area contributed by atoms with Crippen molar-refractivity contribution in [1.29, 1.82) is 0 Å². The van der Waals surface area contributed by atoms with Crippen molar-refractivity contribution in [2.24, 2.45) is 0 Å². The van der Waals surface area contributed by atoms with Crippen molar-refractivity contribution in [3.63, 3.8) is 0 Å². The zero-order chi connectivity index (χ0) is 7.98. The van der Waals surface area contributed by atoms with Crippen molar-refractivity contribution in [3.05, 3.63) is 11.6 Å². The third kappa shape index (κ3) is 3.56. The Balaban J connectivity index is 3.80. The largest absolute Gasteiger partial charge is 0.466 e. The lowest BCUT2D eigenvalue weighted by atomic mass is 10.3. The molecule has 0 spiro atoms. The maximum Gasteiger partial charge on any atom is 0.333 e. The van der Waals surface area contributed by atoms with Gasteiger partial charge in [0.1, 0.15) is 0 Å². The average molecular weight is 160 g/mol. The zero-order valence-corrected chi connectivity index (χ0v) is 7.33. The SMILES string of the molecule is COC(=O)C(C)=CCSC. The van der Waals surface area contributed by atoms with Crippen LogP contribution in [0.1, 0.15) is 6.92 Å². The summed E-state index contributed by atoms with van der Waals surface area (Å²) in [7, 11) is 1.39. The summed E-state index contributed by atoms with van der Waals surface area (Å²) in [5.74, 6) is 0.620. The van der Waals surface area contributed by atoms with Crippen molar-refractivity contribution in [1.82, 2.24) is 0 Å². The predicted octanol–water partition coefficient (Wildman–Crippen LogP) is 1.47. The molecule has 0 atom stereocenters. The first kappa shape index (κ1) is 9.56. The molecule has 0 aliphatic carbocycles. The van der Waals surface area contributed by atoms with Gasteiger partial charge in [-0.2, -0.15) is 11.8 Å². The van der Waals surface area contributed by atoms with Gasteiger partial charge in [-0.1, -0.05) is 6.08 Å². The summed E-state index contributed by atoms with van der Waals surface area (Å²) in [6.07, 6.45) is 3.84. The van der Waals surface area contributed by atoms with E-state index < -0.39 is 0 Å². The summed E-state index contributed by atoms with van der Waals surface area (Å²) < 4.78 is 4.49. The minimum atomic E-state index is -0.242. The van der Waals surface area contributed by atoms with E-state index in [1.54, 1.807) is 18.7 Å². The highest BCUT2D eigenvalue weighted by Gasteiger charge is 2.00. The van der Waals surface area contributed by atoms with Crippen LogP contribution in [0, 0.1) is 0 Å². The first-order chi connectivity index (χ1) is 4.72. The molecule has 0 unspecified atom stereocenters. The van der Waals surface area contributed by atoms with Gasteiger partial charge in [0.15, 0.2) is 0 Å². The molecule has 0 saturated heterocycles. The quantitative estimate of drug-likeness (QED) is 0.462. The third-order valence-electron chi connectivity index (χ3n) is 1.06. The van der Waals surface area contributed by atoms with Crippen LogP contribution in [0.2, 0.25) is 0 Å². The molecule has 0 aromatic carbocycles. The van der Waals surface area contributed by atoms with Crippen LogP contribution < -0.4 is 0 Å². The number of ether oxygens (including phenoxy) is 1. The molecule has 0 bridgehead atoms. The van der Waals surface area contributed by atoms with Gasteiger partial charge in [0.25, 0.3) is 0 Å². The molecule has 0 amide bonds. The first-order valence-corrected chi connectivity index (χ1v) is 4.35. The molecular weight excluding hydrogens is 148 g/mol. The summed E-state index contributed by atoms with van der Waals surface area (Å²) in [5.41, 5.74) is 0.678. The van der Waals surface area contributed by atoms with Crippen LogP contribution in [0.4, 0.5) is 0 Å². The minimum Gasteiger partial charge on any atom is -0.466 e. The van der Waals surface area contributed by atoms with Gasteiger partial charge in [-0.25, -0.2) is 4.79 Å². The Morgan fingerprint density at radius 2 is 2.30 bits per heavy atom. The van der Waals surface area contributed by atoms with Gasteiger partial charge in [0.2, 0.25) is 0 Å². The lowest BCUT2D eigenvalue weighted by molar-refractivity contribution is -0.136. The lowest BCUT2D eigenvalue weighted by Gasteiger charge is -1.96. The van der Waals surface area contributed by atoms with E-state index in [4.69, 9.17) is 0 Å². The molecule has 0 saturated carbocycles. The molecule has 0 aliphatic rings. The molecule has 0 aliphatic heterocycles. The van der Waals surface area contributed by atoms with Gasteiger partial charge in [-0.15, -0.1) is 0 Å². The second kappa shape index (κ2) is 5.35. The third-order valence-corrected chi connectivity index (χ3v) is 1.56. The maximum absolute atomic E-state index is 10.7. The van der Waals surface area contributed by atoms with Gasteiger partial charge in [0.05, 0.1) is 7.11 Å². The van der Waals surface area contributed by atoms with Crippen molar-refractivity contribution < 1.29 is 9.53 Å². The van der Waals surface area contributed by atoms with E-state index in [9.17, 15) is 4.79 Å². The maximum atomic E-state index is 10.7. The van der Waals surface area contributed by atoms with Crippen LogP contribution in [-0.2, 0) is 9.53 Å². The minimum absolute atomic E-state index is 0.242. The van der Waals surface area contributed by atoms with E-state index in [0.717, 1.165) is 5.75 Å². The summed E-state index contributed by atoms with van der Waals surface area (Å²) in [6.45, 7) is 1.75. The standard InChI is InChI=1S/C7H12O2S/c1-6(4-5-10-3)7(8)9-2/h4H,5H2,1-3H3. The second-order valence-electron chi connectivity index (χ2n) is 1.83. The molecule has 0 radical (unpaired) electrons. The van der Waals surface area contributed by atoms with Crippen LogP contribution in [0.3, 0.4) is 0 Å². The average Bonchev–Trinajstić information content (AvgIpc) is 1.98. The smallest absolute Gasteiger partial charge is 0.333 e. The zero-order valence-electron chi connectivity index (χ0n) is 6.51. The monoisotopic (exact) mass is 160 g/mol. The first-order valence-electron chi connectivity index (χ1n) is 2.96. The Morgan fingerprint density at radius 1 is 1.70 bits per heavy atom. The number of esters is 1. The van der Waals surface area contributed by atoms with Gasteiger partial charge in [-0.3, -0.25) is 0 Å². The van der Waals surface area contributed by atoms with Crippen LogP contribution in [0.15, 0.2) is 11.6 Å². The number of hydrogen-bond acceptors (Lipinski definition) is 3. The number of carbonyl (C=O) groups excluding carboxylic acids is 1. The van der Waals surface area contributed by atoms with Crippen molar-refractivity contribution in [2.45, 2.75) is 6.92 Å². The van der Waals surface area contributed by atoms with E-state index in [1.807, 2.05) is 12.3 Å². The molecular formula is C7H12O2S. The van der Waals surface area contributed by atoms with Crippen molar-refractivity contribution in [3.8, 4) is 0 Å². The number of rotatable bonds is 3. The van der Waals surface area contributed by atoms with E-state index in [-0.39, 0.29) is 5.97 Å². The van der Waals surface area contributed by atoms with Crippen LogP contribution in [-0.4, -0.2) is 25.1 Å². The summed E-state index contributed by atoms with van der Waals surface area (Å²) in [4.78, 5) is 10.7. The highest BCUT2D eigenvalue weighted by molar-refractivity contribution is 7.98. The molecule has 0 aromatic rings. The van der Waals surface area contributed by atoms with Crippen LogP contribution >= 0.6 is 11.8 Å². The summed E-state index contributed by atoms with van der Waals surface area (Å²) in [6, 6.07) is 0. The molecule has 58 valence electrons. The fourth-order valence-electron chi connectivity index (χ4n) is 0.453. The van der Waals surface area contributed by atoms with Gasteiger partial charge >= 0.3 is 5.97 Å². The molecule has 3 heteroatoms. The Morgan fingerprint density at radius 3 is 2.70 bits per heavy atom. The molecule has 0 rings (SSSR count). The fourth-order valence-corrected chi connectivity index (χ4v) is 0.869. The van der Waals surface area contributed by atoms with E-state index >= 15 is 0 Å². The lowest BCUT2D eigenvalue weighted by Crippen LogP contribution is -2.01. The van der Waals surface area contributed by atoms with E-state index in [1.165, 1.54) is 7.11 Å². The molecule has 0 N–H and O–H groups in total. The van der Waals surface area contributed by atoms with Crippen LogP contribution in [0.5, 0.6) is 0 Å². The molecule has 0 aromatic heterocycles. The molecule has 0 fully saturated rings. The van der Waals surface area contributed by atoms with Crippen molar-refractivity contribution in [2.75, 3.05) is 19.1 Å². The molecule has 0 heterocycles. The number of thioether (sulfide) groups is 1. The van der Waals surface area contributed by atoms with E-state index in [2.05, 4.69) is 4.74 Å². The predicted molar refractivity (Wildman–Crippen MR) is 44.2 cm³/mol. The normalized spacial score (nSPS) is 11.3. The molecule has 10 heavy (non-hydrogen) atoms. The van der Waals surface area contributed by atoms with Gasteiger partial charge in [0, 0.05) is 11.3 Å². The fraction of sp³-hybridized carbons (Fsp3) is 0.571.